The number of ether oxygens (including phenoxy) is 2. The van der Waals surface area contributed by atoms with Gasteiger partial charge in [-0.1, -0.05) is 38.1 Å². The van der Waals surface area contributed by atoms with Gasteiger partial charge in [0.25, 0.3) is 0 Å². The minimum absolute atomic E-state index is 0.0226. The van der Waals surface area contributed by atoms with Crippen LogP contribution >= 0.6 is 0 Å². The molecule has 6 heteroatoms. The fourth-order valence-electron chi connectivity index (χ4n) is 5.23. The Labute approximate surface area is 180 Å². The number of hydrogen-bond acceptors (Lipinski definition) is 4. The van der Waals surface area contributed by atoms with Gasteiger partial charge in [0.05, 0.1) is 25.4 Å². The third-order valence-electron chi connectivity index (χ3n) is 6.49. The third kappa shape index (κ3) is 3.02. The summed E-state index contributed by atoms with van der Waals surface area (Å²) >= 11 is 0. The summed E-state index contributed by atoms with van der Waals surface area (Å²) in [5.41, 5.74) is 2.77. The number of fused-ring (bicyclic) bond motifs is 2. The van der Waals surface area contributed by atoms with Crippen molar-refractivity contribution >= 4 is 23.1 Å². The van der Waals surface area contributed by atoms with E-state index in [0.29, 0.717) is 11.5 Å². The van der Waals surface area contributed by atoms with E-state index in [1.165, 1.54) is 0 Å². The van der Waals surface area contributed by atoms with E-state index in [-0.39, 0.29) is 11.1 Å². The first-order chi connectivity index (χ1) is 14.7. The summed E-state index contributed by atoms with van der Waals surface area (Å²) < 4.78 is 10.5. The van der Waals surface area contributed by atoms with Crippen molar-refractivity contribution in [2.24, 2.45) is 17.3 Å². The summed E-state index contributed by atoms with van der Waals surface area (Å²) in [7, 11) is 3.17. The predicted molar refractivity (Wildman–Crippen MR) is 116 cm³/mol. The van der Waals surface area contributed by atoms with Crippen LogP contribution in [0.25, 0.3) is 11.1 Å². The lowest BCUT2D eigenvalue weighted by atomic mass is 9.74. The monoisotopic (exact) mass is 420 g/mol. The van der Waals surface area contributed by atoms with E-state index in [9.17, 15) is 19.8 Å². The van der Waals surface area contributed by atoms with E-state index in [4.69, 9.17) is 9.47 Å². The molecule has 2 aromatic rings. The van der Waals surface area contributed by atoms with Gasteiger partial charge in [-0.2, -0.15) is 0 Å². The standard InChI is InChI=1S/C25H24O6/c1-25(2)21-17(13-5-9-15(30-3)10-6-13)18(14-7-11-16(31-4)12-8-14)22(25)20(24(28)29)19(21)23(26)27/h5-12,21-22H,1-4H3,(H,26,27)(H,28,29). The number of carboxylic acid groups (broad SMARTS) is 2. The summed E-state index contributed by atoms with van der Waals surface area (Å²) in [5, 5.41) is 20.0. The zero-order valence-corrected chi connectivity index (χ0v) is 17.8. The summed E-state index contributed by atoms with van der Waals surface area (Å²) in [6, 6.07) is 14.9. The lowest BCUT2D eigenvalue weighted by molar-refractivity contribution is -0.136. The molecule has 2 aliphatic rings. The van der Waals surface area contributed by atoms with Gasteiger partial charge < -0.3 is 19.7 Å². The van der Waals surface area contributed by atoms with Crippen LogP contribution in [0.3, 0.4) is 0 Å². The number of aliphatic carboxylic acids is 2. The van der Waals surface area contributed by atoms with Crippen molar-refractivity contribution in [2.45, 2.75) is 13.8 Å². The maximum Gasteiger partial charge on any atom is 0.332 e. The zero-order chi connectivity index (χ0) is 22.5. The molecule has 2 aliphatic carbocycles. The number of carboxylic acids is 2. The maximum atomic E-state index is 12.2. The molecule has 0 radical (unpaired) electrons. The van der Waals surface area contributed by atoms with Crippen LogP contribution in [-0.2, 0) is 9.59 Å². The molecule has 2 bridgehead atoms. The molecule has 2 N–H and O–H groups in total. The Bertz CT molecular complexity index is 1030. The molecule has 0 saturated heterocycles. The van der Waals surface area contributed by atoms with Crippen LogP contribution in [0.5, 0.6) is 11.5 Å². The minimum Gasteiger partial charge on any atom is -0.497 e. The largest absolute Gasteiger partial charge is 0.497 e. The van der Waals surface area contributed by atoms with Crippen LogP contribution in [0.2, 0.25) is 0 Å². The molecule has 6 nitrogen and oxygen atoms in total. The molecular formula is C25H24O6. The van der Waals surface area contributed by atoms with Gasteiger partial charge in [-0.05, 0) is 52.0 Å². The Hall–Kier alpha value is -3.54. The van der Waals surface area contributed by atoms with E-state index in [1.54, 1.807) is 14.2 Å². The lowest BCUT2D eigenvalue weighted by Gasteiger charge is -2.28. The van der Waals surface area contributed by atoms with Gasteiger partial charge in [-0.25, -0.2) is 9.59 Å². The molecule has 4 rings (SSSR count). The van der Waals surface area contributed by atoms with Crippen LogP contribution in [-0.4, -0.2) is 36.4 Å². The second-order valence-corrected chi connectivity index (χ2v) is 8.41. The first-order valence-corrected chi connectivity index (χ1v) is 9.95. The highest BCUT2D eigenvalue weighted by Gasteiger charge is 2.61. The SMILES string of the molecule is COc1ccc(C2=C(c3ccc(OC)cc3)C3C(C(=O)O)=C(C(=O)O)C2C3(C)C)cc1. The van der Waals surface area contributed by atoms with E-state index in [2.05, 4.69) is 0 Å². The molecule has 0 amide bonds. The van der Waals surface area contributed by atoms with Crippen molar-refractivity contribution in [2.75, 3.05) is 14.2 Å². The van der Waals surface area contributed by atoms with Gasteiger partial charge in [-0.15, -0.1) is 0 Å². The summed E-state index contributed by atoms with van der Waals surface area (Å²) in [6.45, 7) is 3.89. The van der Waals surface area contributed by atoms with Crippen molar-refractivity contribution in [1.82, 2.24) is 0 Å². The van der Waals surface area contributed by atoms with Crippen LogP contribution in [0.4, 0.5) is 0 Å². The quantitative estimate of drug-likeness (QED) is 0.721. The number of methoxy groups -OCH3 is 2. The van der Waals surface area contributed by atoms with Crippen LogP contribution in [0.1, 0.15) is 25.0 Å². The summed E-state index contributed by atoms with van der Waals surface area (Å²) in [6.07, 6.45) is 0. The van der Waals surface area contributed by atoms with Gasteiger partial charge in [0.15, 0.2) is 0 Å². The molecule has 2 unspecified atom stereocenters. The third-order valence-corrected chi connectivity index (χ3v) is 6.49. The Kier molecular flexibility index (Phi) is 4.88. The van der Waals surface area contributed by atoms with Gasteiger partial charge in [0.2, 0.25) is 0 Å². The highest BCUT2D eigenvalue weighted by molar-refractivity contribution is 6.13. The minimum atomic E-state index is -1.18. The highest BCUT2D eigenvalue weighted by atomic mass is 16.5. The second-order valence-electron chi connectivity index (χ2n) is 8.41. The lowest BCUT2D eigenvalue weighted by Crippen LogP contribution is -2.24. The Morgan fingerprint density at radius 2 is 1.03 bits per heavy atom. The Morgan fingerprint density at radius 1 is 0.710 bits per heavy atom. The number of rotatable bonds is 6. The molecule has 31 heavy (non-hydrogen) atoms. The Balaban J connectivity index is 2.01. The fraction of sp³-hybridized carbons (Fsp3) is 0.280. The van der Waals surface area contributed by atoms with Crippen LogP contribution < -0.4 is 9.47 Å². The average Bonchev–Trinajstić information content (AvgIpc) is 3.14. The van der Waals surface area contributed by atoms with Gasteiger partial charge in [0.1, 0.15) is 11.5 Å². The zero-order valence-electron chi connectivity index (χ0n) is 17.8. The van der Waals surface area contributed by atoms with Gasteiger partial charge in [0, 0.05) is 11.8 Å². The van der Waals surface area contributed by atoms with Crippen molar-refractivity contribution in [3.05, 3.63) is 70.8 Å². The van der Waals surface area contributed by atoms with E-state index in [1.807, 2.05) is 62.4 Å². The van der Waals surface area contributed by atoms with Crippen molar-refractivity contribution in [3.8, 4) is 11.5 Å². The molecule has 0 spiro atoms. The molecule has 2 atom stereocenters. The number of benzene rings is 2. The topological polar surface area (TPSA) is 93.1 Å². The second kappa shape index (κ2) is 7.30. The first-order valence-electron chi connectivity index (χ1n) is 9.95. The molecule has 0 heterocycles. The molecule has 0 aliphatic heterocycles. The average molecular weight is 420 g/mol. The molecule has 160 valence electrons. The van der Waals surface area contributed by atoms with E-state index < -0.39 is 29.2 Å². The molecule has 2 aromatic carbocycles. The molecule has 0 fully saturated rings. The predicted octanol–water partition coefficient (Wildman–Crippen LogP) is 4.37. The number of allylic oxidation sites excluding steroid dienone is 2. The molecule has 0 aromatic heterocycles. The van der Waals surface area contributed by atoms with Crippen molar-refractivity contribution < 1.29 is 29.3 Å². The fourth-order valence-corrected chi connectivity index (χ4v) is 5.23. The van der Waals surface area contributed by atoms with Crippen LogP contribution in [0.15, 0.2) is 59.7 Å². The summed E-state index contributed by atoms with van der Waals surface area (Å²) in [5.74, 6) is -2.08. The number of carbonyl (C=O) groups is 2. The first kappa shape index (κ1) is 20.7. The van der Waals surface area contributed by atoms with Crippen molar-refractivity contribution in [3.63, 3.8) is 0 Å². The normalized spacial score (nSPS) is 21.4. The van der Waals surface area contributed by atoms with E-state index in [0.717, 1.165) is 22.3 Å². The van der Waals surface area contributed by atoms with Crippen molar-refractivity contribution in [1.29, 1.82) is 0 Å². The molecule has 0 saturated carbocycles. The van der Waals surface area contributed by atoms with Gasteiger partial charge in [-0.3, -0.25) is 0 Å². The Morgan fingerprint density at radius 3 is 1.29 bits per heavy atom. The van der Waals surface area contributed by atoms with E-state index >= 15 is 0 Å². The molecular weight excluding hydrogens is 396 g/mol. The van der Waals surface area contributed by atoms with Crippen LogP contribution in [0, 0.1) is 17.3 Å². The highest BCUT2D eigenvalue weighted by Crippen LogP contribution is 2.67. The summed E-state index contributed by atoms with van der Waals surface area (Å²) in [4.78, 5) is 24.4. The van der Waals surface area contributed by atoms with Gasteiger partial charge >= 0.3 is 11.9 Å². The smallest absolute Gasteiger partial charge is 0.332 e. The number of hydrogen-bond donors (Lipinski definition) is 2. The maximum absolute atomic E-state index is 12.2.